The number of halogens is 2. The van der Waals surface area contributed by atoms with E-state index in [0.29, 0.717) is 23.4 Å². The van der Waals surface area contributed by atoms with Crippen molar-refractivity contribution in [3.05, 3.63) is 47.4 Å². The summed E-state index contributed by atoms with van der Waals surface area (Å²) in [7, 11) is 1.75. The largest absolute Gasteiger partial charge is 0.467 e. The van der Waals surface area contributed by atoms with E-state index in [1.807, 2.05) is 0 Å². The SMILES string of the molecule is CNCc1occc1-c1c(F)ccc(C)c1F. The molecule has 0 atom stereocenters. The third-order valence-electron chi connectivity index (χ3n) is 2.64. The molecule has 0 amide bonds. The van der Waals surface area contributed by atoms with Crippen LogP contribution >= 0.6 is 0 Å². The van der Waals surface area contributed by atoms with E-state index in [-0.39, 0.29) is 5.56 Å². The molecule has 4 heteroatoms. The maximum atomic E-state index is 13.9. The van der Waals surface area contributed by atoms with Crippen LogP contribution < -0.4 is 5.32 Å². The summed E-state index contributed by atoms with van der Waals surface area (Å²) < 4.78 is 32.9. The average Bonchev–Trinajstić information content (AvgIpc) is 2.73. The fourth-order valence-electron chi connectivity index (χ4n) is 1.76. The molecule has 1 N–H and O–H groups in total. The van der Waals surface area contributed by atoms with Crippen LogP contribution in [-0.4, -0.2) is 7.05 Å². The van der Waals surface area contributed by atoms with Crippen LogP contribution in [0.25, 0.3) is 11.1 Å². The Kier molecular flexibility index (Phi) is 3.24. The van der Waals surface area contributed by atoms with Crippen molar-refractivity contribution in [3.63, 3.8) is 0 Å². The fraction of sp³-hybridized carbons (Fsp3) is 0.231. The maximum absolute atomic E-state index is 13.9. The summed E-state index contributed by atoms with van der Waals surface area (Å²) in [5.41, 5.74) is 0.847. The zero-order valence-corrected chi connectivity index (χ0v) is 9.68. The quantitative estimate of drug-likeness (QED) is 0.886. The van der Waals surface area contributed by atoms with Crippen molar-refractivity contribution in [1.82, 2.24) is 5.32 Å². The molecule has 1 aromatic heterocycles. The summed E-state index contributed by atoms with van der Waals surface area (Å²) in [6, 6.07) is 4.27. The lowest BCUT2D eigenvalue weighted by Crippen LogP contribution is -2.05. The number of rotatable bonds is 3. The van der Waals surface area contributed by atoms with Crippen molar-refractivity contribution in [2.24, 2.45) is 0 Å². The molecule has 2 nitrogen and oxygen atoms in total. The first-order chi connectivity index (χ1) is 8.15. The molecule has 0 aliphatic heterocycles. The van der Waals surface area contributed by atoms with E-state index in [1.54, 1.807) is 20.0 Å². The van der Waals surface area contributed by atoms with Gasteiger partial charge < -0.3 is 9.73 Å². The molecule has 0 saturated heterocycles. The number of furan rings is 1. The molecule has 2 aromatic rings. The van der Waals surface area contributed by atoms with Gasteiger partial charge in [-0.25, -0.2) is 8.78 Å². The monoisotopic (exact) mass is 237 g/mol. The van der Waals surface area contributed by atoms with Crippen molar-refractivity contribution in [2.75, 3.05) is 7.05 Å². The number of hydrogen-bond donors (Lipinski definition) is 1. The molecule has 2 rings (SSSR count). The van der Waals surface area contributed by atoms with Gasteiger partial charge in [0.25, 0.3) is 0 Å². The molecule has 0 saturated carbocycles. The summed E-state index contributed by atoms with van der Waals surface area (Å²) in [4.78, 5) is 0. The first-order valence-electron chi connectivity index (χ1n) is 5.31. The minimum absolute atomic E-state index is 0.0241. The second-order valence-corrected chi connectivity index (χ2v) is 3.84. The van der Waals surface area contributed by atoms with Crippen LogP contribution in [0, 0.1) is 18.6 Å². The Labute approximate surface area is 98.3 Å². The third-order valence-corrected chi connectivity index (χ3v) is 2.64. The highest BCUT2D eigenvalue weighted by molar-refractivity contribution is 5.67. The van der Waals surface area contributed by atoms with Gasteiger partial charge in [0.1, 0.15) is 17.4 Å². The van der Waals surface area contributed by atoms with Gasteiger partial charge in [0.2, 0.25) is 0 Å². The molecule has 0 radical (unpaired) electrons. The molecule has 0 unspecified atom stereocenters. The number of hydrogen-bond acceptors (Lipinski definition) is 2. The molecule has 90 valence electrons. The van der Waals surface area contributed by atoms with Gasteiger partial charge in [0, 0.05) is 5.56 Å². The van der Waals surface area contributed by atoms with Gasteiger partial charge in [0.05, 0.1) is 18.4 Å². The summed E-state index contributed by atoms with van der Waals surface area (Å²) in [6.45, 7) is 2.03. The van der Waals surface area contributed by atoms with Gasteiger partial charge in [-0.1, -0.05) is 6.07 Å². The number of nitrogens with one attached hydrogen (secondary N) is 1. The van der Waals surface area contributed by atoms with Crippen LogP contribution in [0.2, 0.25) is 0 Å². The topological polar surface area (TPSA) is 25.2 Å². The van der Waals surface area contributed by atoms with Crippen LogP contribution in [0.5, 0.6) is 0 Å². The minimum atomic E-state index is -0.577. The predicted molar refractivity (Wildman–Crippen MR) is 61.6 cm³/mol. The second-order valence-electron chi connectivity index (χ2n) is 3.84. The smallest absolute Gasteiger partial charge is 0.137 e. The molecular weight excluding hydrogens is 224 g/mol. The molecule has 0 spiro atoms. The Bertz CT molecular complexity index is 534. The fourth-order valence-corrected chi connectivity index (χ4v) is 1.76. The lowest BCUT2D eigenvalue weighted by atomic mass is 10.0. The predicted octanol–water partition coefficient (Wildman–Crippen LogP) is 3.25. The first kappa shape index (κ1) is 11.8. The zero-order chi connectivity index (χ0) is 12.4. The van der Waals surface area contributed by atoms with Crippen LogP contribution in [0.15, 0.2) is 28.9 Å². The minimum Gasteiger partial charge on any atom is -0.467 e. The Morgan fingerprint density at radius 1 is 1.24 bits per heavy atom. The molecule has 17 heavy (non-hydrogen) atoms. The third kappa shape index (κ3) is 2.08. The van der Waals surface area contributed by atoms with Crippen molar-refractivity contribution in [3.8, 4) is 11.1 Å². The van der Waals surface area contributed by atoms with Crippen molar-refractivity contribution < 1.29 is 13.2 Å². The standard InChI is InChI=1S/C13H13F2NO/c1-8-3-4-10(14)12(13(8)15)9-5-6-17-11(9)7-16-2/h3-6,16H,7H2,1-2H3. The van der Waals surface area contributed by atoms with Crippen molar-refractivity contribution in [2.45, 2.75) is 13.5 Å². The van der Waals surface area contributed by atoms with Crippen LogP contribution in [0.1, 0.15) is 11.3 Å². The first-order valence-corrected chi connectivity index (χ1v) is 5.31. The van der Waals surface area contributed by atoms with Crippen molar-refractivity contribution in [1.29, 1.82) is 0 Å². The Morgan fingerprint density at radius 2 is 2.00 bits per heavy atom. The summed E-state index contributed by atoms with van der Waals surface area (Å²) in [6.07, 6.45) is 1.43. The van der Waals surface area contributed by atoms with E-state index in [2.05, 4.69) is 5.32 Å². The number of benzene rings is 1. The van der Waals surface area contributed by atoms with E-state index in [1.165, 1.54) is 18.4 Å². The van der Waals surface area contributed by atoms with Gasteiger partial charge >= 0.3 is 0 Å². The second kappa shape index (κ2) is 4.67. The van der Waals surface area contributed by atoms with Crippen molar-refractivity contribution >= 4 is 0 Å². The van der Waals surface area contributed by atoms with Crippen LogP contribution in [-0.2, 0) is 6.54 Å². The highest BCUT2D eigenvalue weighted by atomic mass is 19.1. The van der Waals surface area contributed by atoms with Gasteiger partial charge in [-0.3, -0.25) is 0 Å². The Morgan fingerprint density at radius 3 is 2.71 bits per heavy atom. The van der Waals surface area contributed by atoms with E-state index in [0.717, 1.165) is 0 Å². The molecular formula is C13H13F2NO. The summed E-state index contributed by atoms with van der Waals surface area (Å²) in [5, 5.41) is 2.90. The molecule has 0 bridgehead atoms. The number of aryl methyl sites for hydroxylation is 1. The zero-order valence-electron chi connectivity index (χ0n) is 9.68. The van der Waals surface area contributed by atoms with E-state index < -0.39 is 11.6 Å². The van der Waals surface area contributed by atoms with E-state index in [4.69, 9.17) is 4.42 Å². The molecule has 0 aliphatic rings. The molecule has 1 heterocycles. The van der Waals surface area contributed by atoms with E-state index in [9.17, 15) is 8.78 Å². The average molecular weight is 237 g/mol. The van der Waals surface area contributed by atoms with E-state index >= 15 is 0 Å². The van der Waals surface area contributed by atoms with Crippen LogP contribution in [0.3, 0.4) is 0 Å². The molecule has 1 aromatic carbocycles. The van der Waals surface area contributed by atoms with Crippen LogP contribution in [0.4, 0.5) is 8.78 Å². The highest BCUT2D eigenvalue weighted by Gasteiger charge is 2.18. The highest BCUT2D eigenvalue weighted by Crippen LogP contribution is 2.31. The summed E-state index contributed by atoms with van der Waals surface area (Å²) >= 11 is 0. The van der Waals surface area contributed by atoms with Gasteiger partial charge in [-0.2, -0.15) is 0 Å². The normalized spacial score (nSPS) is 10.8. The molecule has 0 fully saturated rings. The Hall–Kier alpha value is -1.68. The van der Waals surface area contributed by atoms with Gasteiger partial charge in [0.15, 0.2) is 0 Å². The molecule has 0 aliphatic carbocycles. The maximum Gasteiger partial charge on any atom is 0.137 e. The lowest BCUT2D eigenvalue weighted by molar-refractivity contribution is 0.495. The van der Waals surface area contributed by atoms with Gasteiger partial charge in [-0.15, -0.1) is 0 Å². The Balaban J connectivity index is 2.60. The van der Waals surface area contributed by atoms with Gasteiger partial charge in [-0.05, 0) is 31.7 Å². The lowest BCUT2D eigenvalue weighted by Gasteiger charge is -2.07. The summed E-state index contributed by atoms with van der Waals surface area (Å²) in [5.74, 6) is -0.591.